The average molecular weight is 497 g/mol. The van der Waals surface area contributed by atoms with Crippen LogP contribution in [0.5, 0.6) is 5.75 Å². The lowest BCUT2D eigenvalue weighted by Crippen LogP contribution is -2.37. The van der Waals surface area contributed by atoms with Crippen LogP contribution in [-0.2, 0) is 4.79 Å². The highest BCUT2D eigenvalue weighted by Crippen LogP contribution is 2.27. The maximum atomic E-state index is 12.1. The Morgan fingerprint density at radius 1 is 1.19 bits per heavy atom. The molecule has 2 heterocycles. The Hall–Kier alpha value is -3.30. The van der Waals surface area contributed by atoms with Gasteiger partial charge in [-0.25, -0.2) is 4.98 Å². The summed E-state index contributed by atoms with van der Waals surface area (Å²) in [6.07, 6.45) is 3.37. The van der Waals surface area contributed by atoms with Crippen molar-refractivity contribution in [1.82, 2.24) is 15.3 Å². The van der Waals surface area contributed by atoms with Gasteiger partial charge in [-0.2, -0.15) is 0 Å². The molecule has 0 bridgehead atoms. The molecule has 2 N–H and O–H groups in total. The molecule has 0 saturated carbocycles. The number of para-hydroxylation sites is 1. The molecule has 9 heteroatoms. The van der Waals surface area contributed by atoms with E-state index in [-0.39, 0.29) is 17.6 Å². The lowest BCUT2D eigenvalue weighted by Gasteiger charge is -2.11. The standard InChI is InChI=1S/C22H17BrN4O3S/c1-13-4-2-3-5-18(13)29-12-20(28)27-22(31)25-16-6-7-19-17(9-16)26-21(30-19)14-8-15(23)11-24-10-14/h2-11H,12H2,1H3,(H2,25,27,28,31). The first-order valence-electron chi connectivity index (χ1n) is 9.29. The van der Waals surface area contributed by atoms with Crippen LogP contribution in [-0.4, -0.2) is 27.6 Å². The third-order valence-corrected chi connectivity index (χ3v) is 4.94. The predicted octanol–water partition coefficient (Wildman–Crippen LogP) is 4.85. The highest BCUT2D eigenvalue weighted by molar-refractivity contribution is 9.10. The molecule has 0 unspecified atom stereocenters. The van der Waals surface area contributed by atoms with Crippen LogP contribution in [0.1, 0.15) is 5.56 Å². The summed E-state index contributed by atoms with van der Waals surface area (Å²) in [5.41, 5.74) is 3.66. The Balaban J connectivity index is 1.38. The topological polar surface area (TPSA) is 89.3 Å². The van der Waals surface area contributed by atoms with Crippen LogP contribution in [0.3, 0.4) is 0 Å². The third kappa shape index (κ3) is 5.25. The Bertz CT molecular complexity index is 1270. The highest BCUT2D eigenvalue weighted by atomic mass is 79.9. The molecule has 1 amide bonds. The second-order valence-electron chi connectivity index (χ2n) is 6.65. The number of anilines is 1. The summed E-state index contributed by atoms with van der Waals surface area (Å²) in [6, 6.07) is 14.7. The summed E-state index contributed by atoms with van der Waals surface area (Å²) >= 11 is 8.62. The van der Waals surface area contributed by atoms with Gasteiger partial charge in [0.1, 0.15) is 11.3 Å². The molecule has 0 saturated heterocycles. The molecule has 0 atom stereocenters. The fourth-order valence-corrected chi connectivity index (χ4v) is 3.44. The Kier molecular flexibility index (Phi) is 6.24. The number of amides is 1. The van der Waals surface area contributed by atoms with Gasteiger partial charge in [0.15, 0.2) is 17.3 Å². The van der Waals surface area contributed by atoms with Crippen molar-refractivity contribution in [2.24, 2.45) is 0 Å². The van der Waals surface area contributed by atoms with Gasteiger partial charge in [-0.3, -0.25) is 15.1 Å². The van der Waals surface area contributed by atoms with E-state index in [1.807, 2.05) is 37.3 Å². The number of nitrogens with one attached hydrogen (secondary N) is 2. The van der Waals surface area contributed by atoms with Crippen LogP contribution in [0.2, 0.25) is 0 Å². The maximum absolute atomic E-state index is 12.1. The van der Waals surface area contributed by atoms with E-state index in [9.17, 15) is 4.79 Å². The monoisotopic (exact) mass is 496 g/mol. The van der Waals surface area contributed by atoms with Crippen LogP contribution in [0, 0.1) is 6.92 Å². The van der Waals surface area contributed by atoms with Crippen molar-refractivity contribution in [3.63, 3.8) is 0 Å². The molecule has 31 heavy (non-hydrogen) atoms. The smallest absolute Gasteiger partial charge is 0.264 e. The molecule has 0 radical (unpaired) electrons. The van der Waals surface area contributed by atoms with Gasteiger partial charge in [-0.1, -0.05) is 18.2 Å². The van der Waals surface area contributed by atoms with Gasteiger partial charge >= 0.3 is 0 Å². The molecule has 0 aliphatic rings. The second kappa shape index (κ2) is 9.23. The van der Waals surface area contributed by atoms with Crippen molar-refractivity contribution in [2.75, 3.05) is 11.9 Å². The zero-order chi connectivity index (χ0) is 21.8. The molecule has 7 nitrogen and oxygen atoms in total. The van der Waals surface area contributed by atoms with Gasteiger partial charge in [0.25, 0.3) is 5.91 Å². The van der Waals surface area contributed by atoms with Gasteiger partial charge in [-0.05, 0) is 71.0 Å². The van der Waals surface area contributed by atoms with Crippen molar-refractivity contribution in [3.05, 3.63) is 71.0 Å². The minimum absolute atomic E-state index is 0.140. The van der Waals surface area contributed by atoms with Gasteiger partial charge in [0.2, 0.25) is 5.89 Å². The molecular formula is C22H17BrN4O3S. The number of halogens is 1. The normalized spacial score (nSPS) is 10.6. The molecule has 4 rings (SSSR count). The summed E-state index contributed by atoms with van der Waals surface area (Å²) in [5, 5.41) is 5.74. The quantitative estimate of drug-likeness (QED) is 0.381. The molecule has 4 aromatic rings. The van der Waals surface area contributed by atoms with Gasteiger partial charge in [-0.15, -0.1) is 0 Å². The zero-order valence-electron chi connectivity index (χ0n) is 16.4. The van der Waals surface area contributed by atoms with Crippen molar-refractivity contribution in [2.45, 2.75) is 6.92 Å². The van der Waals surface area contributed by atoms with E-state index in [1.165, 1.54) is 0 Å². The van der Waals surface area contributed by atoms with Crippen molar-refractivity contribution in [1.29, 1.82) is 0 Å². The number of nitrogens with zero attached hydrogens (tertiary/aromatic N) is 2. The summed E-state index contributed by atoms with van der Waals surface area (Å²) in [5.74, 6) is 0.766. The number of oxazole rings is 1. The summed E-state index contributed by atoms with van der Waals surface area (Å²) < 4.78 is 12.2. The molecule has 0 spiro atoms. The van der Waals surface area contributed by atoms with Crippen molar-refractivity contribution >= 4 is 56.0 Å². The molecule has 2 aromatic carbocycles. The minimum atomic E-state index is -0.354. The van der Waals surface area contributed by atoms with E-state index in [0.717, 1.165) is 15.6 Å². The number of benzene rings is 2. The fraction of sp³-hybridized carbons (Fsp3) is 0.0909. The van der Waals surface area contributed by atoms with E-state index >= 15 is 0 Å². The number of hydrogen-bond acceptors (Lipinski definition) is 6. The van der Waals surface area contributed by atoms with E-state index < -0.39 is 0 Å². The van der Waals surface area contributed by atoms with Crippen LogP contribution in [0.4, 0.5) is 5.69 Å². The molecule has 0 aliphatic heterocycles. The summed E-state index contributed by atoms with van der Waals surface area (Å²) in [6.45, 7) is 1.77. The Labute approximate surface area is 192 Å². The predicted molar refractivity (Wildman–Crippen MR) is 126 cm³/mol. The average Bonchev–Trinajstić information content (AvgIpc) is 3.16. The number of fused-ring (bicyclic) bond motifs is 1. The Morgan fingerprint density at radius 3 is 2.84 bits per heavy atom. The van der Waals surface area contributed by atoms with Crippen LogP contribution >= 0.6 is 28.1 Å². The molecule has 0 aliphatic carbocycles. The molecule has 156 valence electrons. The summed E-state index contributed by atoms with van der Waals surface area (Å²) in [7, 11) is 0. The SMILES string of the molecule is Cc1ccccc1OCC(=O)NC(=S)Nc1ccc2oc(-c3cncc(Br)c3)nc2c1. The fourth-order valence-electron chi connectivity index (χ4n) is 2.84. The van der Waals surface area contributed by atoms with Crippen LogP contribution in [0.25, 0.3) is 22.6 Å². The number of rotatable bonds is 5. The lowest BCUT2D eigenvalue weighted by atomic mass is 10.2. The first kappa shape index (κ1) is 21.0. The third-order valence-electron chi connectivity index (χ3n) is 4.30. The van der Waals surface area contributed by atoms with Gasteiger partial charge in [0, 0.05) is 22.6 Å². The largest absolute Gasteiger partial charge is 0.483 e. The van der Waals surface area contributed by atoms with Crippen LogP contribution in [0.15, 0.2) is 69.8 Å². The Morgan fingerprint density at radius 2 is 2.03 bits per heavy atom. The molecule has 2 aromatic heterocycles. The van der Waals surface area contributed by atoms with E-state index in [1.54, 1.807) is 30.6 Å². The number of aromatic nitrogens is 2. The van der Waals surface area contributed by atoms with Gasteiger partial charge < -0.3 is 14.5 Å². The van der Waals surface area contributed by atoms with Gasteiger partial charge in [0.05, 0.1) is 5.56 Å². The second-order valence-corrected chi connectivity index (χ2v) is 7.97. The number of pyridine rings is 1. The zero-order valence-corrected chi connectivity index (χ0v) is 18.8. The van der Waals surface area contributed by atoms with Crippen LogP contribution < -0.4 is 15.4 Å². The van der Waals surface area contributed by atoms with Crippen molar-refractivity contribution in [3.8, 4) is 17.2 Å². The number of carbonyl (C=O) groups excluding carboxylic acids is 1. The number of carbonyl (C=O) groups is 1. The van der Waals surface area contributed by atoms with E-state index in [0.29, 0.717) is 28.4 Å². The molecular weight excluding hydrogens is 480 g/mol. The first-order valence-corrected chi connectivity index (χ1v) is 10.5. The number of aryl methyl sites for hydroxylation is 1. The number of hydrogen-bond donors (Lipinski definition) is 2. The maximum Gasteiger partial charge on any atom is 0.264 e. The summed E-state index contributed by atoms with van der Waals surface area (Å²) in [4.78, 5) is 20.8. The van der Waals surface area contributed by atoms with E-state index in [2.05, 4.69) is 36.5 Å². The minimum Gasteiger partial charge on any atom is -0.483 e. The highest BCUT2D eigenvalue weighted by Gasteiger charge is 2.11. The van der Waals surface area contributed by atoms with E-state index in [4.69, 9.17) is 21.4 Å². The first-order chi connectivity index (χ1) is 15.0. The molecule has 0 fully saturated rings. The number of ether oxygens (including phenoxy) is 1. The lowest BCUT2D eigenvalue weighted by molar-refractivity contribution is -0.121. The van der Waals surface area contributed by atoms with Crippen molar-refractivity contribution < 1.29 is 13.9 Å². The number of thiocarbonyl (C=S) groups is 1.